The number of rotatable bonds is 5. The summed E-state index contributed by atoms with van der Waals surface area (Å²) in [6.07, 6.45) is 1.50. The number of anilines is 1. The standard InChI is InChI=1S/C21H17FN2O4/c22-15-6-3-5-14(11-15)21(27)17-8-1-2-9-18(17)24(20(21)26)13-19(25)23-12-16-7-4-10-28-16/h1-11,27H,12-13H2,(H,23,25)/t21-/m1/s1. The lowest BCUT2D eigenvalue weighted by atomic mass is 9.87. The van der Waals surface area contributed by atoms with E-state index in [1.54, 1.807) is 36.4 Å². The van der Waals surface area contributed by atoms with Crippen LogP contribution in [0.5, 0.6) is 0 Å². The number of fused-ring (bicyclic) bond motifs is 1. The maximum Gasteiger partial charge on any atom is 0.268 e. The summed E-state index contributed by atoms with van der Waals surface area (Å²) < 4.78 is 18.9. The van der Waals surface area contributed by atoms with Gasteiger partial charge in [-0.25, -0.2) is 4.39 Å². The number of nitrogens with zero attached hydrogens (tertiary/aromatic N) is 1. The second-order valence-electron chi connectivity index (χ2n) is 6.49. The molecule has 6 nitrogen and oxygen atoms in total. The number of benzene rings is 2. The van der Waals surface area contributed by atoms with E-state index in [0.29, 0.717) is 17.0 Å². The Labute approximate surface area is 160 Å². The first-order chi connectivity index (χ1) is 13.5. The third kappa shape index (κ3) is 2.95. The van der Waals surface area contributed by atoms with Crippen LogP contribution in [0.4, 0.5) is 10.1 Å². The highest BCUT2D eigenvalue weighted by Gasteiger charge is 2.51. The van der Waals surface area contributed by atoms with E-state index in [1.165, 1.54) is 29.4 Å². The summed E-state index contributed by atoms with van der Waals surface area (Å²) in [5.41, 5.74) is -1.22. The predicted octanol–water partition coefficient (Wildman–Crippen LogP) is 2.32. The summed E-state index contributed by atoms with van der Waals surface area (Å²) in [5.74, 6) is -1.10. The van der Waals surface area contributed by atoms with Crippen LogP contribution in [-0.2, 0) is 21.7 Å². The van der Waals surface area contributed by atoms with Crippen molar-refractivity contribution >= 4 is 17.5 Å². The normalized spacial score (nSPS) is 18.2. The van der Waals surface area contributed by atoms with Gasteiger partial charge in [-0.05, 0) is 30.3 Å². The van der Waals surface area contributed by atoms with Crippen molar-refractivity contribution < 1.29 is 23.5 Å². The van der Waals surface area contributed by atoms with Crippen LogP contribution >= 0.6 is 0 Å². The fourth-order valence-corrected chi connectivity index (χ4v) is 3.38. The van der Waals surface area contributed by atoms with Crippen LogP contribution < -0.4 is 10.2 Å². The summed E-state index contributed by atoms with van der Waals surface area (Å²) in [4.78, 5) is 26.7. The Morgan fingerprint density at radius 3 is 2.71 bits per heavy atom. The lowest BCUT2D eigenvalue weighted by Crippen LogP contribution is -2.45. The Morgan fingerprint density at radius 1 is 1.14 bits per heavy atom. The van der Waals surface area contributed by atoms with Crippen molar-refractivity contribution in [1.29, 1.82) is 0 Å². The van der Waals surface area contributed by atoms with E-state index >= 15 is 0 Å². The van der Waals surface area contributed by atoms with Gasteiger partial charge in [0.1, 0.15) is 18.1 Å². The largest absolute Gasteiger partial charge is 0.467 e. The molecule has 1 aliphatic rings. The third-order valence-corrected chi connectivity index (χ3v) is 4.72. The molecule has 4 rings (SSSR count). The third-order valence-electron chi connectivity index (χ3n) is 4.72. The van der Waals surface area contributed by atoms with Crippen LogP contribution in [0.25, 0.3) is 0 Å². The second-order valence-corrected chi connectivity index (χ2v) is 6.49. The summed E-state index contributed by atoms with van der Waals surface area (Å²) in [6.45, 7) is -0.0993. The van der Waals surface area contributed by atoms with Crippen LogP contribution in [0.15, 0.2) is 71.3 Å². The molecule has 2 aromatic carbocycles. The number of furan rings is 1. The van der Waals surface area contributed by atoms with Crippen molar-refractivity contribution in [3.8, 4) is 0 Å². The van der Waals surface area contributed by atoms with E-state index in [9.17, 15) is 19.1 Å². The Hall–Kier alpha value is -3.45. The van der Waals surface area contributed by atoms with Gasteiger partial charge >= 0.3 is 0 Å². The molecule has 28 heavy (non-hydrogen) atoms. The molecule has 0 bridgehead atoms. The van der Waals surface area contributed by atoms with Crippen molar-refractivity contribution in [1.82, 2.24) is 5.32 Å². The molecule has 0 spiro atoms. The second kappa shape index (κ2) is 6.94. The van der Waals surface area contributed by atoms with Gasteiger partial charge in [-0.15, -0.1) is 0 Å². The van der Waals surface area contributed by atoms with Crippen molar-refractivity contribution in [3.63, 3.8) is 0 Å². The minimum atomic E-state index is -2.06. The first kappa shape index (κ1) is 17.9. The maximum atomic E-state index is 13.7. The first-order valence-corrected chi connectivity index (χ1v) is 8.69. The molecular formula is C21H17FN2O4. The Balaban J connectivity index is 1.62. The van der Waals surface area contributed by atoms with Gasteiger partial charge in [-0.3, -0.25) is 14.5 Å². The van der Waals surface area contributed by atoms with Gasteiger partial charge in [0, 0.05) is 11.1 Å². The highest BCUT2D eigenvalue weighted by Crippen LogP contribution is 2.44. The van der Waals surface area contributed by atoms with Crippen LogP contribution in [0, 0.1) is 5.82 Å². The van der Waals surface area contributed by atoms with Crippen molar-refractivity contribution in [3.05, 3.63) is 89.6 Å². The van der Waals surface area contributed by atoms with Gasteiger partial charge in [0.05, 0.1) is 18.5 Å². The summed E-state index contributed by atoms with van der Waals surface area (Å²) in [5, 5.41) is 13.9. The van der Waals surface area contributed by atoms with Crippen molar-refractivity contribution in [2.75, 3.05) is 11.4 Å². The maximum absolute atomic E-state index is 13.7. The fourth-order valence-electron chi connectivity index (χ4n) is 3.38. The molecule has 0 saturated heterocycles. The number of para-hydroxylation sites is 1. The molecular weight excluding hydrogens is 363 g/mol. The van der Waals surface area contributed by atoms with E-state index in [-0.39, 0.29) is 18.7 Å². The van der Waals surface area contributed by atoms with E-state index in [1.807, 2.05) is 0 Å². The molecule has 3 aromatic rings. The minimum absolute atomic E-state index is 0.114. The average Bonchev–Trinajstić information content (AvgIpc) is 3.29. The quantitative estimate of drug-likeness (QED) is 0.712. The fraction of sp³-hybridized carbons (Fsp3) is 0.143. The van der Waals surface area contributed by atoms with Crippen molar-refractivity contribution in [2.45, 2.75) is 12.1 Å². The molecule has 1 aliphatic heterocycles. The molecule has 0 saturated carbocycles. The van der Waals surface area contributed by atoms with Gasteiger partial charge in [0.15, 0.2) is 5.60 Å². The molecule has 0 unspecified atom stereocenters. The number of carbonyl (C=O) groups is 2. The smallest absolute Gasteiger partial charge is 0.268 e. The molecule has 0 radical (unpaired) electrons. The lowest BCUT2D eigenvalue weighted by molar-refractivity contribution is -0.133. The number of hydrogen-bond donors (Lipinski definition) is 2. The number of halogens is 1. The molecule has 0 aliphatic carbocycles. The monoisotopic (exact) mass is 380 g/mol. The van der Waals surface area contributed by atoms with Crippen LogP contribution in [0.1, 0.15) is 16.9 Å². The molecule has 1 aromatic heterocycles. The predicted molar refractivity (Wildman–Crippen MR) is 98.7 cm³/mol. The van der Waals surface area contributed by atoms with Crippen LogP contribution in [-0.4, -0.2) is 23.5 Å². The number of amides is 2. The molecule has 1 atom stereocenters. The van der Waals surface area contributed by atoms with E-state index < -0.39 is 23.2 Å². The van der Waals surface area contributed by atoms with E-state index in [4.69, 9.17) is 4.42 Å². The van der Waals surface area contributed by atoms with E-state index in [2.05, 4.69) is 5.32 Å². The van der Waals surface area contributed by atoms with Crippen molar-refractivity contribution in [2.24, 2.45) is 0 Å². The van der Waals surface area contributed by atoms with E-state index in [0.717, 1.165) is 6.07 Å². The van der Waals surface area contributed by atoms with Gasteiger partial charge in [0.2, 0.25) is 5.91 Å². The van der Waals surface area contributed by atoms with Gasteiger partial charge in [-0.2, -0.15) is 0 Å². The first-order valence-electron chi connectivity index (χ1n) is 8.69. The highest BCUT2D eigenvalue weighted by atomic mass is 19.1. The van der Waals surface area contributed by atoms with Gasteiger partial charge in [-0.1, -0.05) is 30.3 Å². The zero-order valence-electron chi connectivity index (χ0n) is 14.8. The number of aliphatic hydroxyl groups is 1. The zero-order valence-corrected chi connectivity index (χ0v) is 14.8. The topological polar surface area (TPSA) is 82.8 Å². The summed E-state index contributed by atoms with van der Waals surface area (Å²) >= 11 is 0. The van der Waals surface area contributed by atoms with Gasteiger partial charge < -0.3 is 14.8 Å². The molecule has 2 amide bonds. The van der Waals surface area contributed by atoms with Gasteiger partial charge in [0.25, 0.3) is 5.91 Å². The summed E-state index contributed by atoms with van der Waals surface area (Å²) in [7, 11) is 0. The molecule has 142 valence electrons. The lowest BCUT2D eigenvalue weighted by Gasteiger charge is -2.23. The van der Waals surface area contributed by atoms with Crippen LogP contribution in [0.2, 0.25) is 0 Å². The number of nitrogens with one attached hydrogen (secondary N) is 1. The Bertz CT molecular complexity index is 1030. The van der Waals surface area contributed by atoms with Crippen LogP contribution in [0.3, 0.4) is 0 Å². The Morgan fingerprint density at radius 2 is 1.96 bits per heavy atom. The molecule has 0 fully saturated rings. The molecule has 7 heteroatoms. The molecule has 2 heterocycles. The zero-order chi connectivity index (χ0) is 19.7. The Kier molecular flexibility index (Phi) is 4.44. The average molecular weight is 380 g/mol. The summed E-state index contributed by atoms with van der Waals surface area (Å²) in [6, 6.07) is 15.3. The highest BCUT2D eigenvalue weighted by molar-refractivity contribution is 6.11. The minimum Gasteiger partial charge on any atom is -0.467 e. The number of carbonyl (C=O) groups excluding carboxylic acids is 2. The molecule has 2 N–H and O–H groups in total. The number of hydrogen-bond acceptors (Lipinski definition) is 4. The SMILES string of the molecule is O=C(CN1C(=O)[C@@](O)(c2cccc(F)c2)c2ccccc21)NCc1ccco1.